The number of methoxy groups -OCH3 is 2. The van der Waals surface area contributed by atoms with Gasteiger partial charge in [0.05, 0.1) is 83.4 Å². The lowest BCUT2D eigenvalue weighted by molar-refractivity contribution is 0.0592. The fourth-order valence-electron chi connectivity index (χ4n) is 12.4. The molecule has 0 aliphatic carbocycles. The van der Waals surface area contributed by atoms with Crippen LogP contribution in [0.3, 0.4) is 0 Å². The number of nitrogens with zero attached hydrogens (tertiary/aromatic N) is 2. The lowest BCUT2D eigenvalue weighted by atomic mass is 9.95. The number of esters is 2. The molecule has 0 spiro atoms. The minimum Gasteiger partial charge on any atom is -0.478 e. The number of hydrogen-bond donors (Lipinski definition) is 2. The van der Waals surface area contributed by atoms with Gasteiger partial charge in [0.1, 0.15) is 51.5 Å². The Morgan fingerprint density at radius 2 is 0.713 bits per heavy atom. The van der Waals surface area contributed by atoms with Crippen molar-refractivity contribution < 1.29 is 95.0 Å². The minimum absolute atomic E-state index is 0.0324. The summed E-state index contributed by atoms with van der Waals surface area (Å²) in [5.74, 6) is -3.30. The predicted molar refractivity (Wildman–Crippen MR) is 409 cm³/mol. The van der Waals surface area contributed by atoms with E-state index in [-0.39, 0.29) is 106 Å². The summed E-state index contributed by atoms with van der Waals surface area (Å²) in [6, 6.07) is 45.6. The highest BCUT2D eigenvalue weighted by molar-refractivity contribution is 7.92. The van der Waals surface area contributed by atoms with Gasteiger partial charge in [-0.25, -0.2) is 52.8 Å². The number of furan rings is 3. The monoisotopic (exact) mass is 1530 g/mol. The number of Topliss-reactive ketones (excluding diaryl/α,β-unsaturated/α-hetero) is 3. The molecule has 0 radical (unpaired) electrons. The number of benzene rings is 9. The van der Waals surface area contributed by atoms with Gasteiger partial charge in [-0.05, 0) is 158 Å². The number of carbonyl (C=O) groups excluding carboxylic acids is 5. The normalized spacial score (nSPS) is 11.5. The molecule has 0 aliphatic heterocycles. The van der Waals surface area contributed by atoms with Gasteiger partial charge in [0.25, 0.3) is 0 Å². The summed E-state index contributed by atoms with van der Waals surface area (Å²) >= 11 is 0. The molecular formula is C81H72F3N3O18S3. The number of fused-ring (bicyclic) bond motifs is 3. The maximum Gasteiger partial charge on any atom is 0.337 e. The maximum absolute atomic E-state index is 13.6. The van der Waals surface area contributed by atoms with Crippen LogP contribution in [0.15, 0.2) is 195 Å². The van der Waals surface area contributed by atoms with Crippen LogP contribution < -0.4 is 13.3 Å². The van der Waals surface area contributed by atoms with Crippen LogP contribution in [0, 0.1) is 17.5 Å². The quantitative estimate of drug-likeness (QED) is 0.0444. The minimum atomic E-state index is -3.71. The third kappa shape index (κ3) is 17.0. The van der Waals surface area contributed by atoms with Crippen LogP contribution in [0.1, 0.15) is 116 Å². The number of ketones is 3. The SMILES string of the molecule is CCC(=O)c1c(-c2ccc(F)cc2)oc2cc(N(CC)S(C)(=O)=O)c(-c3cccc(C(=O)O)c3)cc12.CCC(=O)c1c(-c2ccc(F)cc2)oc2cc(N(CC)S(C)(=O)=O)c(-c3cccc(C(=O)OC)c3)cc12.CCC(=O)c1c(-c2ccc(F)cc2)oc2cc(NS(C)(=O)=O)c(-c3cccc(C(=O)OC)c3)cc12. The lowest BCUT2D eigenvalue weighted by Gasteiger charge is -2.24. The van der Waals surface area contributed by atoms with Crippen molar-refractivity contribution in [2.75, 3.05) is 59.4 Å². The van der Waals surface area contributed by atoms with Crippen molar-refractivity contribution in [2.24, 2.45) is 0 Å². The van der Waals surface area contributed by atoms with E-state index in [9.17, 15) is 72.3 Å². The first-order valence-electron chi connectivity index (χ1n) is 33.6. The van der Waals surface area contributed by atoms with Crippen molar-refractivity contribution in [3.8, 4) is 67.4 Å². The predicted octanol–water partition coefficient (Wildman–Crippen LogP) is 17.7. The van der Waals surface area contributed by atoms with Crippen LogP contribution in [-0.2, 0) is 39.5 Å². The number of aromatic carboxylic acids is 1. The van der Waals surface area contributed by atoms with Gasteiger partial charge in [-0.2, -0.15) is 0 Å². The summed E-state index contributed by atoms with van der Waals surface area (Å²) < 4.78 is 148. The van der Waals surface area contributed by atoms with E-state index >= 15 is 0 Å². The molecule has 27 heteroatoms. The van der Waals surface area contributed by atoms with E-state index in [1.165, 1.54) is 114 Å². The zero-order valence-corrected chi connectivity index (χ0v) is 62.4. The fraction of sp³-hybridized carbons (Fsp3) is 0.185. The number of carboxylic acid groups (broad SMARTS) is 1. The van der Waals surface area contributed by atoms with Crippen LogP contribution in [-0.4, -0.2) is 112 Å². The second-order valence-corrected chi connectivity index (χ2v) is 30.2. The summed E-state index contributed by atoms with van der Waals surface area (Å²) in [5, 5.41) is 10.9. The fourth-order valence-corrected chi connectivity index (χ4v) is 15.0. The summed E-state index contributed by atoms with van der Waals surface area (Å²) in [7, 11) is -8.53. The molecule has 0 aliphatic rings. The van der Waals surface area contributed by atoms with Gasteiger partial charge >= 0.3 is 17.9 Å². The Hall–Kier alpha value is -11.9. The van der Waals surface area contributed by atoms with E-state index < -0.39 is 65.4 Å². The van der Waals surface area contributed by atoms with Crippen molar-refractivity contribution in [1.29, 1.82) is 0 Å². The number of nitrogens with one attached hydrogen (secondary N) is 1. The first-order chi connectivity index (χ1) is 51.2. The van der Waals surface area contributed by atoms with Crippen molar-refractivity contribution in [1.82, 2.24) is 0 Å². The highest BCUT2D eigenvalue weighted by atomic mass is 32.2. The van der Waals surface area contributed by atoms with Gasteiger partial charge in [-0.3, -0.25) is 27.7 Å². The molecule has 21 nitrogen and oxygen atoms in total. The second-order valence-electron chi connectivity index (χ2n) is 24.7. The van der Waals surface area contributed by atoms with Gasteiger partial charge in [0, 0.05) is 100 Å². The molecule has 12 rings (SSSR count). The summed E-state index contributed by atoms with van der Waals surface area (Å²) in [5.41, 5.74) is 7.62. The number of anilines is 3. The summed E-state index contributed by atoms with van der Waals surface area (Å²) in [6.45, 7) is 8.80. The van der Waals surface area contributed by atoms with E-state index in [1.807, 2.05) is 0 Å². The van der Waals surface area contributed by atoms with E-state index in [2.05, 4.69) is 4.72 Å². The number of sulfonamides is 3. The molecular weight excluding hydrogens is 1460 g/mol. The molecule has 0 amide bonds. The molecule has 0 unspecified atom stereocenters. The number of ether oxygens (including phenoxy) is 2. The van der Waals surface area contributed by atoms with Crippen molar-refractivity contribution in [3.05, 3.63) is 233 Å². The third-order valence-electron chi connectivity index (χ3n) is 17.4. The van der Waals surface area contributed by atoms with Gasteiger partial charge in [0.2, 0.25) is 30.1 Å². The highest BCUT2D eigenvalue weighted by Gasteiger charge is 2.31. The number of carbonyl (C=O) groups is 6. The van der Waals surface area contributed by atoms with Crippen molar-refractivity contribution in [2.45, 2.75) is 53.9 Å². The van der Waals surface area contributed by atoms with Crippen molar-refractivity contribution >= 4 is 115 Å². The van der Waals surface area contributed by atoms with Gasteiger partial charge in [0.15, 0.2) is 17.3 Å². The Balaban J connectivity index is 0.000000173. The van der Waals surface area contributed by atoms with E-state index in [0.29, 0.717) is 94.2 Å². The van der Waals surface area contributed by atoms with Crippen LogP contribution >= 0.6 is 0 Å². The average Bonchev–Trinajstić information content (AvgIpc) is 1.58. The van der Waals surface area contributed by atoms with Crippen molar-refractivity contribution in [3.63, 3.8) is 0 Å². The number of halogens is 3. The molecule has 12 aromatic rings. The van der Waals surface area contributed by atoms with E-state index in [0.717, 1.165) is 18.8 Å². The molecule has 3 aromatic heterocycles. The molecule has 0 fully saturated rings. The topological polar surface area (TPSA) is 301 Å². The number of rotatable bonds is 23. The Morgan fingerprint density at radius 1 is 0.407 bits per heavy atom. The molecule has 0 saturated heterocycles. The highest BCUT2D eigenvalue weighted by Crippen LogP contribution is 2.46. The first kappa shape index (κ1) is 78.6. The zero-order chi connectivity index (χ0) is 78.4. The first-order valence-corrected chi connectivity index (χ1v) is 39.2. The van der Waals surface area contributed by atoms with E-state index in [1.54, 1.807) is 126 Å². The molecule has 108 heavy (non-hydrogen) atoms. The van der Waals surface area contributed by atoms with Crippen LogP contribution in [0.5, 0.6) is 0 Å². The van der Waals surface area contributed by atoms with Gasteiger partial charge < -0.3 is 27.8 Å². The largest absolute Gasteiger partial charge is 0.478 e. The Bertz CT molecular complexity index is 5890. The molecule has 0 bridgehead atoms. The molecule has 9 aromatic carbocycles. The Kier molecular flexibility index (Phi) is 23.6. The number of hydrogen-bond acceptors (Lipinski definition) is 17. The summed E-state index contributed by atoms with van der Waals surface area (Å²) in [6.07, 6.45) is 3.77. The smallest absolute Gasteiger partial charge is 0.337 e. The zero-order valence-electron chi connectivity index (χ0n) is 60.0. The standard InChI is InChI=1S/C28H26FNO6S.C27H24FNO6S.C26H22FNO6S/c1-5-24(31)26-22-15-21(18-8-7-9-19(14-18)28(32)35-3)23(30(6-2)37(4,33)34)16-25(22)36-27(26)17-10-12-20(29)13-11-17;1-4-23(30)25-21-14-20(17-7-6-8-18(13-17)27(31)32)22(29(5-2)36(3,33)34)15-24(21)35-26(25)16-9-11-19(28)12-10-16;1-4-22(29)24-20-13-19(16-6-5-7-17(12-16)26(30)33-2)21(28-35(3,31)32)14-23(20)34-25(24)15-8-10-18(27)11-9-15/h7-16H,5-6H2,1-4H3;6-15H,4-5H2,1-3H3,(H,31,32);5-14,28H,4H2,1-3H3. The molecule has 558 valence electrons. The average molecular weight is 1530 g/mol. The van der Waals surface area contributed by atoms with E-state index in [4.69, 9.17) is 22.7 Å². The molecule has 2 N–H and O–H groups in total. The second kappa shape index (κ2) is 32.4. The Morgan fingerprint density at radius 3 is 1.01 bits per heavy atom. The molecule has 0 saturated carbocycles. The van der Waals surface area contributed by atoms with Gasteiger partial charge in [-0.1, -0.05) is 57.2 Å². The molecule has 3 heterocycles. The van der Waals surface area contributed by atoms with Crippen LogP contribution in [0.2, 0.25) is 0 Å². The van der Waals surface area contributed by atoms with Crippen LogP contribution in [0.25, 0.3) is 100 Å². The number of carboxylic acids is 1. The Labute approximate surface area is 620 Å². The summed E-state index contributed by atoms with van der Waals surface area (Å²) in [4.78, 5) is 75.0. The van der Waals surface area contributed by atoms with Crippen LogP contribution in [0.4, 0.5) is 30.2 Å². The maximum atomic E-state index is 13.6. The molecule has 0 atom stereocenters. The lowest BCUT2D eigenvalue weighted by Crippen LogP contribution is -2.29. The third-order valence-corrected chi connectivity index (χ3v) is 20.5. The van der Waals surface area contributed by atoms with Gasteiger partial charge in [-0.15, -0.1) is 0 Å².